The van der Waals surface area contributed by atoms with E-state index in [0.717, 1.165) is 25.9 Å². The second-order valence-corrected chi connectivity index (χ2v) is 7.14. The minimum Gasteiger partial charge on any atom is -0.337 e. The Morgan fingerprint density at radius 2 is 2.00 bits per heavy atom. The van der Waals surface area contributed by atoms with Gasteiger partial charge in [-0.1, -0.05) is 0 Å². The van der Waals surface area contributed by atoms with Crippen LogP contribution in [0.4, 0.5) is 0 Å². The first-order valence-corrected chi connectivity index (χ1v) is 7.97. The molecule has 2 atom stereocenters. The number of piperidine rings is 1. The summed E-state index contributed by atoms with van der Waals surface area (Å²) >= 11 is 0. The molecule has 2 rings (SSSR count). The van der Waals surface area contributed by atoms with E-state index in [4.69, 9.17) is 0 Å². The molecule has 0 aromatic rings. The van der Waals surface area contributed by atoms with Crippen molar-refractivity contribution in [2.45, 2.75) is 18.9 Å². The third-order valence-corrected chi connectivity index (χ3v) is 5.26. The molecular weight excluding hydrogens is 254 g/mol. The van der Waals surface area contributed by atoms with Gasteiger partial charge in [0.15, 0.2) is 0 Å². The number of likely N-dealkylation sites (tertiary alicyclic amines) is 2. The maximum atomic E-state index is 12.1. The van der Waals surface area contributed by atoms with Gasteiger partial charge in [-0.15, -0.1) is 0 Å². The van der Waals surface area contributed by atoms with Gasteiger partial charge in [0.2, 0.25) is 15.9 Å². The lowest BCUT2D eigenvalue weighted by molar-refractivity contribution is -0.130. The van der Waals surface area contributed by atoms with E-state index in [1.807, 2.05) is 7.05 Å². The maximum Gasteiger partial charge on any atom is 0.239 e. The molecule has 0 aliphatic carbocycles. The Morgan fingerprint density at radius 1 is 1.33 bits per heavy atom. The third-order valence-electron chi connectivity index (χ3n) is 4.01. The summed E-state index contributed by atoms with van der Waals surface area (Å²) in [4.78, 5) is 16.0. The van der Waals surface area contributed by atoms with Crippen molar-refractivity contribution in [1.29, 1.82) is 0 Å². The predicted molar refractivity (Wildman–Crippen MR) is 68.6 cm³/mol. The van der Waals surface area contributed by atoms with Crippen LogP contribution in [0.3, 0.4) is 0 Å². The van der Waals surface area contributed by atoms with Crippen LogP contribution in [-0.2, 0) is 14.8 Å². The minimum atomic E-state index is -3.46. The molecule has 0 bridgehead atoms. The summed E-state index contributed by atoms with van der Waals surface area (Å²) in [5, 5.41) is 0. The molecule has 6 nitrogen and oxygen atoms in total. The quantitative estimate of drug-likeness (QED) is 0.724. The highest BCUT2D eigenvalue weighted by Gasteiger charge is 2.40. The normalized spacial score (nSPS) is 29.3. The number of likely N-dealkylation sites (N-methyl/N-ethyl adjacent to an activating group) is 1. The summed E-state index contributed by atoms with van der Waals surface area (Å²) in [7, 11) is -0.0820. The van der Waals surface area contributed by atoms with Crippen molar-refractivity contribution in [2.24, 2.45) is 5.92 Å². The molecule has 2 aliphatic heterocycles. The Kier molecular flexibility index (Phi) is 3.93. The van der Waals surface area contributed by atoms with Gasteiger partial charge in [-0.2, -0.15) is 0 Å². The van der Waals surface area contributed by atoms with Gasteiger partial charge in [0, 0.05) is 19.1 Å². The van der Waals surface area contributed by atoms with Crippen LogP contribution in [0.1, 0.15) is 12.8 Å². The van der Waals surface area contributed by atoms with Crippen LogP contribution >= 0.6 is 0 Å². The number of rotatable bonds is 3. The zero-order valence-electron chi connectivity index (χ0n) is 10.9. The highest BCUT2D eigenvalue weighted by molar-refractivity contribution is 7.90. The third kappa shape index (κ3) is 2.84. The fraction of sp³-hybridized carbons (Fsp3) is 0.909. The summed E-state index contributed by atoms with van der Waals surface area (Å²) in [6.45, 7) is 2.62. The molecule has 0 radical (unpaired) electrons. The Labute approximate surface area is 108 Å². The van der Waals surface area contributed by atoms with Gasteiger partial charge in [-0.25, -0.2) is 13.1 Å². The number of hydrogen-bond acceptors (Lipinski definition) is 4. The topological polar surface area (TPSA) is 69.7 Å². The standard InChI is InChI=1S/C11H21N3O3S/c1-12-18(16,17)8-11(15)14-6-4-9-3-5-13(2)7-10(9)14/h9-10,12H,3-8H2,1-2H3. The summed E-state index contributed by atoms with van der Waals surface area (Å²) in [5.74, 6) is -0.161. The number of sulfonamides is 1. The Bertz CT molecular complexity index is 423. The first kappa shape index (κ1) is 13.8. The van der Waals surface area contributed by atoms with E-state index in [1.54, 1.807) is 4.90 Å². The fourth-order valence-corrected chi connectivity index (χ4v) is 3.56. The van der Waals surface area contributed by atoms with Crippen LogP contribution in [-0.4, -0.2) is 69.6 Å². The number of carbonyl (C=O) groups is 1. The van der Waals surface area contributed by atoms with Gasteiger partial charge in [0.25, 0.3) is 0 Å². The van der Waals surface area contributed by atoms with Crippen LogP contribution in [0.25, 0.3) is 0 Å². The molecule has 0 aromatic carbocycles. The number of hydrogen-bond donors (Lipinski definition) is 1. The lowest BCUT2D eigenvalue weighted by Crippen LogP contribution is -2.50. The smallest absolute Gasteiger partial charge is 0.239 e. The summed E-state index contributed by atoms with van der Waals surface area (Å²) < 4.78 is 25.0. The van der Waals surface area contributed by atoms with Gasteiger partial charge >= 0.3 is 0 Å². The van der Waals surface area contributed by atoms with Crippen LogP contribution in [0.2, 0.25) is 0 Å². The molecule has 2 fully saturated rings. The largest absolute Gasteiger partial charge is 0.337 e. The fourth-order valence-electron chi connectivity index (χ4n) is 2.93. The Balaban J connectivity index is 2.03. The second kappa shape index (κ2) is 5.14. The van der Waals surface area contributed by atoms with E-state index in [0.29, 0.717) is 12.5 Å². The molecule has 2 saturated heterocycles. The van der Waals surface area contributed by atoms with E-state index in [-0.39, 0.29) is 11.9 Å². The lowest BCUT2D eigenvalue weighted by Gasteiger charge is -2.36. The minimum absolute atomic E-state index is 0.198. The number of carbonyl (C=O) groups excluding carboxylic acids is 1. The van der Waals surface area contributed by atoms with Crippen molar-refractivity contribution in [3.63, 3.8) is 0 Å². The molecule has 18 heavy (non-hydrogen) atoms. The molecule has 7 heteroatoms. The molecule has 1 N–H and O–H groups in total. The van der Waals surface area contributed by atoms with Gasteiger partial charge in [0.1, 0.15) is 5.75 Å². The summed E-state index contributed by atoms with van der Waals surface area (Å²) in [5.41, 5.74) is 0. The molecule has 2 heterocycles. The highest BCUT2D eigenvalue weighted by atomic mass is 32.2. The van der Waals surface area contributed by atoms with E-state index in [2.05, 4.69) is 9.62 Å². The zero-order valence-corrected chi connectivity index (χ0v) is 11.7. The monoisotopic (exact) mass is 275 g/mol. The average molecular weight is 275 g/mol. The first-order valence-electron chi connectivity index (χ1n) is 6.32. The lowest BCUT2D eigenvalue weighted by atomic mass is 9.92. The van der Waals surface area contributed by atoms with Crippen molar-refractivity contribution >= 4 is 15.9 Å². The van der Waals surface area contributed by atoms with Crippen LogP contribution in [0.5, 0.6) is 0 Å². The summed E-state index contributed by atoms with van der Waals surface area (Å²) in [6, 6.07) is 0.198. The second-order valence-electron chi connectivity index (χ2n) is 5.22. The van der Waals surface area contributed by atoms with Gasteiger partial charge < -0.3 is 9.80 Å². The van der Waals surface area contributed by atoms with Gasteiger partial charge in [-0.05, 0) is 39.4 Å². The van der Waals surface area contributed by atoms with E-state index < -0.39 is 15.8 Å². The molecule has 0 spiro atoms. The van der Waals surface area contributed by atoms with Crippen LogP contribution < -0.4 is 4.72 Å². The zero-order chi connectivity index (χ0) is 13.3. The number of nitrogens with one attached hydrogen (secondary N) is 1. The van der Waals surface area contributed by atoms with Gasteiger partial charge in [-0.3, -0.25) is 4.79 Å². The SMILES string of the molecule is CNS(=O)(=O)CC(=O)N1CCC2CCN(C)CC21. The molecule has 104 valence electrons. The van der Waals surface area contributed by atoms with Crippen molar-refractivity contribution in [1.82, 2.24) is 14.5 Å². The molecule has 2 aliphatic rings. The number of fused-ring (bicyclic) bond motifs is 1. The number of nitrogens with zero attached hydrogens (tertiary/aromatic N) is 2. The molecule has 0 aromatic heterocycles. The molecule has 0 saturated carbocycles. The van der Waals surface area contributed by atoms with Crippen molar-refractivity contribution in [3.05, 3.63) is 0 Å². The highest BCUT2D eigenvalue weighted by Crippen LogP contribution is 2.31. The van der Waals surface area contributed by atoms with Gasteiger partial charge in [0.05, 0.1) is 0 Å². The van der Waals surface area contributed by atoms with Crippen molar-refractivity contribution < 1.29 is 13.2 Å². The summed E-state index contributed by atoms with van der Waals surface area (Å²) in [6.07, 6.45) is 2.10. The Hall–Kier alpha value is -0.660. The molecule has 2 unspecified atom stereocenters. The van der Waals surface area contributed by atoms with E-state index in [9.17, 15) is 13.2 Å². The number of amides is 1. The van der Waals surface area contributed by atoms with Crippen molar-refractivity contribution in [3.8, 4) is 0 Å². The van der Waals surface area contributed by atoms with Crippen molar-refractivity contribution in [2.75, 3.05) is 39.5 Å². The van der Waals surface area contributed by atoms with E-state index >= 15 is 0 Å². The average Bonchev–Trinajstić information content (AvgIpc) is 2.71. The Morgan fingerprint density at radius 3 is 2.67 bits per heavy atom. The predicted octanol–water partition coefficient (Wildman–Crippen LogP) is -0.912. The van der Waals surface area contributed by atoms with Crippen LogP contribution in [0, 0.1) is 5.92 Å². The van der Waals surface area contributed by atoms with E-state index in [1.165, 1.54) is 7.05 Å². The molecular formula is C11H21N3O3S. The first-order chi connectivity index (χ1) is 8.43. The molecule has 1 amide bonds. The van der Waals surface area contributed by atoms with Crippen LogP contribution in [0.15, 0.2) is 0 Å². The maximum absolute atomic E-state index is 12.1.